The Bertz CT molecular complexity index is 932. The van der Waals surface area contributed by atoms with Crippen LogP contribution in [0.5, 0.6) is 5.75 Å². The maximum Gasteiger partial charge on any atom is 0.304 e. The molecule has 1 amide bonds. The van der Waals surface area contributed by atoms with Gasteiger partial charge in [-0.3, -0.25) is 9.59 Å². The highest BCUT2D eigenvalue weighted by Crippen LogP contribution is 2.29. The van der Waals surface area contributed by atoms with Gasteiger partial charge in [0.2, 0.25) is 0 Å². The molecule has 2 atom stereocenters. The van der Waals surface area contributed by atoms with Gasteiger partial charge in [0.25, 0.3) is 5.91 Å². The predicted octanol–water partition coefficient (Wildman–Crippen LogP) is 5.37. The predicted molar refractivity (Wildman–Crippen MR) is 115 cm³/mol. The summed E-state index contributed by atoms with van der Waals surface area (Å²) in [5, 5.41) is 12.7. The van der Waals surface area contributed by atoms with Crippen molar-refractivity contribution < 1.29 is 19.4 Å². The van der Waals surface area contributed by atoms with Crippen LogP contribution in [0.25, 0.3) is 0 Å². The summed E-state index contributed by atoms with van der Waals surface area (Å²) in [6, 6.07) is 11.7. The van der Waals surface area contributed by atoms with Crippen LogP contribution in [-0.4, -0.2) is 23.1 Å². The molecule has 0 bridgehead atoms. The monoisotopic (exact) mass is 433 g/mol. The number of carbonyl (C=O) groups is 2. The summed E-state index contributed by atoms with van der Waals surface area (Å²) >= 11 is 12.1. The molecule has 0 aromatic heterocycles. The number of hydrogen-bond acceptors (Lipinski definition) is 3. The van der Waals surface area contributed by atoms with Gasteiger partial charge in [-0.1, -0.05) is 48.2 Å². The lowest BCUT2D eigenvalue weighted by molar-refractivity contribution is -0.137. The number of benzene rings is 2. The highest BCUT2D eigenvalue weighted by atomic mass is 35.5. The number of anilines is 1. The minimum atomic E-state index is -0.919. The van der Waals surface area contributed by atoms with E-state index in [1.165, 1.54) is 0 Å². The smallest absolute Gasteiger partial charge is 0.304 e. The standard InChI is InChI=1S/C22H21Cl2NO4/c1-3-5-15(12-21(26)27)14-6-9-17(10-7-14)25-22(28)19(4-2)29-20-13-16(23)8-11-18(20)24/h6-11,13,15,19H,4,12H2,1-2H3,(H,25,28)(H,26,27). The zero-order chi connectivity index (χ0) is 21.4. The summed E-state index contributed by atoms with van der Waals surface area (Å²) in [5.74, 6) is 4.34. The molecule has 0 aliphatic carbocycles. The first-order valence-electron chi connectivity index (χ1n) is 9.00. The SMILES string of the molecule is CC#CC(CC(=O)O)c1ccc(NC(=O)C(CC)Oc2cc(Cl)ccc2Cl)cc1. The summed E-state index contributed by atoms with van der Waals surface area (Å²) in [5.41, 5.74) is 1.34. The normalized spacial score (nSPS) is 12.3. The Hall–Kier alpha value is -2.68. The molecule has 0 fully saturated rings. The van der Waals surface area contributed by atoms with E-state index >= 15 is 0 Å². The van der Waals surface area contributed by atoms with Crippen LogP contribution >= 0.6 is 23.2 Å². The summed E-state index contributed by atoms with van der Waals surface area (Å²) in [4.78, 5) is 23.6. The second kappa shape index (κ2) is 10.8. The Morgan fingerprint density at radius 2 is 1.86 bits per heavy atom. The number of rotatable bonds is 8. The molecule has 0 spiro atoms. The zero-order valence-corrected chi connectivity index (χ0v) is 17.6. The molecule has 0 radical (unpaired) electrons. The van der Waals surface area contributed by atoms with E-state index in [1.807, 2.05) is 6.92 Å². The molecule has 0 aliphatic rings. The lowest BCUT2D eigenvalue weighted by atomic mass is 9.96. The molecule has 0 aliphatic heterocycles. The van der Waals surface area contributed by atoms with Crippen LogP contribution in [0.2, 0.25) is 10.0 Å². The van der Waals surface area contributed by atoms with Gasteiger partial charge in [-0.2, -0.15) is 0 Å². The molecular formula is C22H21Cl2NO4. The average molecular weight is 434 g/mol. The molecule has 0 saturated heterocycles. The summed E-state index contributed by atoms with van der Waals surface area (Å²) in [6.07, 6.45) is -0.408. The average Bonchev–Trinajstić information content (AvgIpc) is 2.68. The largest absolute Gasteiger partial charge is 0.481 e. The third-order valence-corrected chi connectivity index (χ3v) is 4.65. The Morgan fingerprint density at radius 3 is 2.45 bits per heavy atom. The van der Waals surface area contributed by atoms with Crippen molar-refractivity contribution in [2.45, 2.75) is 38.7 Å². The van der Waals surface area contributed by atoms with Crippen molar-refractivity contribution >= 4 is 40.8 Å². The fraction of sp³-hybridized carbons (Fsp3) is 0.273. The van der Waals surface area contributed by atoms with Crippen LogP contribution < -0.4 is 10.1 Å². The fourth-order valence-corrected chi connectivity index (χ4v) is 2.99. The highest BCUT2D eigenvalue weighted by molar-refractivity contribution is 6.34. The van der Waals surface area contributed by atoms with Crippen LogP contribution in [0.4, 0.5) is 5.69 Å². The van der Waals surface area contributed by atoms with Gasteiger partial charge in [-0.25, -0.2) is 0 Å². The second-order valence-electron chi connectivity index (χ2n) is 6.25. The lowest BCUT2D eigenvalue weighted by Crippen LogP contribution is -2.32. The van der Waals surface area contributed by atoms with E-state index in [9.17, 15) is 9.59 Å². The molecular weight excluding hydrogens is 413 g/mol. The topological polar surface area (TPSA) is 75.6 Å². The molecule has 29 heavy (non-hydrogen) atoms. The summed E-state index contributed by atoms with van der Waals surface area (Å²) in [7, 11) is 0. The van der Waals surface area contributed by atoms with Crippen molar-refractivity contribution in [1.29, 1.82) is 0 Å². The molecule has 0 heterocycles. The van der Waals surface area contributed by atoms with Crippen molar-refractivity contribution in [3.8, 4) is 17.6 Å². The van der Waals surface area contributed by atoms with Crippen LogP contribution in [0.3, 0.4) is 0 Å². The van der Waals surface area contributed by atoms with Crippen LogP contribution in [-0.2, 0) is 9.59 Å². The molecule has 2 N–H and O–H groups in total. The number of halogens is 2. The van der Waals surface area contributed by atoms with Gasteiger partial charge < -0.3 is 15.2 Å². The van der Waals surface area contributed by atoms with Gasteiger partial charge in [0.05, 0.1) is 17.4 Å². The Kier molecular flexibility index (Phi) is 8.38. The van der Waals surface area contributed by atoms with Crippen LogP contribution in [0.1, 0.15) is 38.2 Å². The van der Waals surface area contributed by atoms with Gasteiger partial charge in [0.1, 0.15) is 5.75 Å². The molecule has 152 valence electrons. The minimum Gasteiger partial charge on any atom is -0.481 e. The molecule has 0 saturated carbocycles. The van der Waals surface area contributed by atoms with Gasteiger partial charge in [-0.05, 0) is 43.2 Å². The van der Waals surface area contributed by atoms with Gasteiger partial charge >= 0.3 is 5.97 Å². The summed E-state index contributed by atoms with van der Waals surface area (Å²) < 4.78 is 5.73. The number of ether oxygens (including phenoxy) is 1. The van der Waals surface area contributed by atoms with Gasteiger partial charge in [0.15, 0.2) is 6.10 Å². The van der Waals surface area contributed by atoms with Gasteiger partial charge in [0, 0.05) is 16.8 Å². The fourth-order valence-electron chi connectivity index (χ4n) is 2.67. The van der Waals surface area contributed by atoms with E-state index in [0.29, 0.717) is 27.9 Å². The molecule has 2 unspecified atom stereocenters. The molecule has 2 aromatic rings. The molecule has 7 heteroatoms. The van der Waals surface area contributed by atoms with E-state index in [1.54, 1.807) is 49.4 Å². The van der Waals surface area contributed by atoms with Crippen molar-refractivity contribution in [2.24, 2.45) is 0 Å². The van der Waals surface area contributed by atoms with E-state index < -0.39 is 18.0 Å². The third kappa shape index (κ3) is 6.70. The first-order valence-corrected chi connectivity index (χ1v) is 9.76. The van der Waals surface area contributed by atoms with Crippen molar-refractivity contribution in [3.05, 3.63) is 58.1 Å². The van der Waals surface area contributed by atoms with Crippen LogP contribution in [0.15, 0.2) is 42.5 Å². The van der Waals surface area contributed by atoms with Crippen molar-refractivity contribution in [1.82, 2.24) is 0 Å². The highest BCUT2D eigenvalue weighted by Gasteiger charge is 2.20. The van der Waals surface area contributed by atoms with Crippen molar-refractivity contribution in [3.63, 3.8) is 0 Å². The number of carboxylic acids is 1. The number of aliphatic carboxylic acids is 1. The molecule has 5 nitrogen and oxygen atoms in total. The first kappa shape index (κ1) is 22.6. The number of carbonyl (C=O) groups excluding carboxylic acids is 1. The maximum absolute atomic E-state index is 12.6. The van der Waals surface area contributed by atoms with E-state index in [-0.39, 0.29) is 12.3 Å². The minimum absolute atomic E-state index is 0.0846. The number of nitrogens with one attached hydrogen (secondary N) is 1. The number of amides is 1. The Balaban J connectivity index is 2.09. The van der Waals surface area contributed by atoms with E-state index in [0.717, 1.165) is 5.56 Å². The van der Waals surface area contributed by atoms with E-state index in [4.69, 9.17) is 33.0 Å². The summed E-state index contributed by atoms with van der Waals surface area (Å²) in [6.45, 7) is 3.49. The van der Waals surface area contributed by atoms with Gasteiger partial charge in [-0.15, -0.1) is 5.92 Å². The van der Waals surface area contributed by atoms with Crippen molar-refractivity contribution in [2.75, 3.05) is 5.32 Å². The Morgan fingerprint density at radius 1 is 1.17 bits per heavy atom. The lowest BCUT2D eigenvalue weighted by Gasteiger charge is -2.18. The zero-order valence-electron chi connectivity index (χ0n) is 16.0. The quantitative estimate of drug-likeness (QED) is 0.548. The number of hydrogen-bond donors (Lipinski definition) is 2. The first-order chi connectivity index (χ1) is 13.8. The number of carboxylic acid groups (broad SMARTS) is 1. The second-order valence-corrected chi connectivity index (χ2v) is 7.09. The maximum atomic E-state index is 12.6. The molecule has 2 aromatic carbocycles. The molecule has 2 rings (SSSR count). The Labute approximate surface area is 180 Å². The van der Waals surface area contributed by atoms with Crippen LogP contribution in [0, 0.1) is 11.8 Å². The third-order valence-electron chi connectivity index (χ3n) is 4.10. The van der Waals surface area contributed by atoms with E-state index in [2.05, 4.69) is 17.2 Å².